The van der Waals surface area contributed by atoms with Gasteiger partial charge in [0.1, 0.15) is 11.4 Å². The van der Waals surface area contributed by atoms with Crippen molar-refractivity contribution < 1.29 is 24.3 Å². The highest BCUT2D eigenvalue weighted by Gasteiger charge is 2.16. The maximum atomic E-state index is 12.6. The van der Waals surface area contributed by atoms with Gasteiger partial charge in [-0.25, -0.2) is 4.79 Å². The summed E-state index contributed by atoms with van der Waals surface area (Å²) in [5, 5.41) is 24.8. The number of amides is 3. The molecule has 0 spiro atoms. The topological polar surface area (TPSA) is 158 Å². The molecule has 3 amide bonds. The number of carbonyl (C=O) groups is 4. The minimum atomic E-state index is -1.25. The van der Waals surface area contributed by atoms with Crippen molar-refractivity contribution in [3.63, 3.8) is 0 Å². The summed E-state index contributed by atoms with van der Waals surface area (Å²) in [6, 6.07) is 4.87. The van der Waals surface area contributed by atoms with Gasteiger partial charge in [-0.2, -0.15) is 5.26 Å². The molecule has 2 aromatic heterocycles. The fraction of sp³-hybridized carbons (Fsp3) is 0.211. The maximum Gasteiger partial charge on any atom is 0.328 e. The number of carboxylic acid groups (broad SMARTS) is 1. The Hall–Kier alpha value is -4.33. The van der Waals surface area contributed by atoms with Crippen LogP contribution in [-0.4, -0.2) is 44.5 Å². The molecule has 2 aromatic rings. The number of hydrogen-bond donors (Lipinski definition) is 4. The van der Waals surface area contributed by atoms with Crippen LogP contribution in [0, 0.1) is 11.3 Å². The minimum Gasteiger partial charge on any atom is -0.478 e. The molecule has 0 aliphatic heterocycles. The lowest BCUT2D eigenvalue weighted by Crippen LogP contribution is -2.25. The molecule has 0 atom stereocenters. The second-order valence-corrected chi connectivity index (χ2v) is 6.23. The van der Waals surface area contributed by atoms with Gasteiger partial charge in [0.25, 0.3) is 11.8 Å². The lowest BCUT2D eigenvalue weighted by molar-refractivity contribution is -0.131. The van der Waals surface area contributed by atoms with E-state index >= 15 is 0 Å². The van der Waals surface area contributed by atoms with Crippen LogP contribution in [0.25, 0.3) is 0 Å². The smallest absolute Gasteiger partial charge is 0.328 e. The number of nitrogens with one attached hydrogen (secondary N) is 3. The highest BCUT2D eigenvalue weighted by atomic mass is 16.4. The molecule has 156 valence electrons. The Morgan fingerprint density at radius 3 is 2.13 bits per heavy atom. The summed E-state index contributed by atoms with van der Waals surface area (Å²) in [5.74, 6) is -2.74. The van der Waals surface area contributed by atoms with Crippen molar-refractivity contribution in [2.45, 2.75) is 6.42 Å². The quantitative estimate of drug-likeness (QED) is 0.371. The summed E-state index contributed by atoms with van der Waals surface area (Å²) in [5.41, 5.74) is 1.25. The number of nitriles is 1. The number of aryl methyl sites for hydroxylation is 2. The van der Waals surface area contributed by atoms with Gasteiger partial charge in [0.15, 0.2) is 0 Å². The number of rotatable bonds is 8. The van der Waals surface area contributed by atoms with Crippen LogP contribution in [0.4, 0.5) is 11.4 Å². The number of hydrogen-bond acceptors (Lipinski definition) is 5. The first-order valence-electron chi connectivity index (χ1n) is 8.72. The van der Waals surface area contributed by atoms with E-state index < -0.39 is 17.8 Å². The number of carboxylic acids is 1. The fourth-order valence-electron chi connectivity index (χ4n) is 2.57. The van der Waals surface area contributed by atoms with Gasteiger partial charge in [0.2, 0.25) is 5.91 Å². The first-order chi connectivity index (χ1) is 14.2. The summed E-state index contributed by atoms with van der Waals surface area (Å²) in [6.07, 6.45) is 4.83. The highest BCUT2D eigenvalue weighted by molar-refractivity contribution is 6.06. The lowest BCUT2D eigenvalue weighted by atomic mass is 10.3. The van der Waals surface area contributed by atoms with Gasteiger partial charge in [-0.05, 0) is 12.1 Å². The van der Waals surface area contributed by atoms with Crippen molar-refractivity contribution in [1.29, 1.82) is 5.26 Å². The van der Waals surface area contributed by atoms with E-state index in [2.05, 4.69) is 16.0 Å². The summed E-state index contributed by atoms with van der Waals surface area (Å²) >= 11 is 0. The van der Waals surface area contributed by atoms with Crippen molar-refractivity contribution in [2.75, 3.05) is 17.2 Å². The van der Waals surface area contributed by atoms with Gasteiger partial charge < -0.3 is 30.2 Å². The molecule has 0 saturated carbocycles. The molecule has 30 heavy (non-hydrogen) atoms. The molecule has 0 fully saturated rings. The van der Waals surface area contributed by atoms with Gasteiger partial charge in [-0.3, -0.25) is 14.4 Å². The van der Waals surface area contributed by atoms with Crippen LogP contribution in [0.5, 0.6) is 0 Å². The summed E-state index contributed by atoms with van der Waals surface area (Å²) in [4.78, 5) is 46.8. The lowest BCUT2D eigenvalue weighted by Gasteiger charge is -2.03. The third-order valence-electron chi connectivity index (χ3n) is 3.90. The zero-order valence-corrected chi connectivity index (χ0v) is 16.3. The van der Waals surface area contributed by atoms with Gasteiger partial charge in [-0.1, -0.05) is 0 Å². The average Bonchev–Trinajstić information content (AvgIpc) is 3.22. The molecule has 11 nitrogen and oxygen atoms in total. The molecule has 0 unspecified atom stereocenters. The van der Waals surface area contributed by atoms with Crippen molar-refractivity contribution in [2.24, 2.45) is 14.1 Å². The highest BCUT2D eigenvalue weighted by Crippen LogP contribution is 2.17. The zero-order valence-electron chi connectivity index (χ0n) is 16.3. The van der Waals surface area contributed by atoms with E-state index in [1.807, 2.05) is 6.07 Å². The van der Waals surface area contributed by atoms with Crippen LogP contribution in [0.3, 0.4) is 0 Å². The van der Waals surface area contributed by atoms with Crippen LogP contribution in [0.15, 0.2) is 36.7 Å². The average molecular weight is 412 g/mol. The second-order valence-electron chi connectivity index (χ2n) is 6.23. The molecule has 2 heterocycles. The van der Waals surface area contributed by atoms with Crippen molar-refractivity contribution >= 4 is 35.1 Å². The molecule has 4 N–H and O–H groups in total. The molecule has 0 saturated heterocycles. The minimum absolute atomic E-state index is 0.193. The number of aromatic nitrogens is 2. The maximum absolute atomic E-state index is 12.6. The first kappa shape index (κ1) is 22.0. The van der Waals surface area contributed by atoms with Gasteiger partial charge in [0.05, 0.1) is 23.9 Å². The summed E-state index contributed by atoms with van der Waals surface area (Å²) < 4.78 is 3.03. The standard InChI is InChI=1S/C19H20N6O5/c1-24-11-13(9-14(24)18(29)21-7-3-6-20)23-19(30)15-8-12(10-25(15)2)22-16(26)4-5-17(27)28/h4-5,8-11H,3,7H2,1-2H3,(H,21,29)(H,22,26)(H,23,30)(H,27,28)/b5-4+. The van der Waals surface area contributed by atoms with Crippen molar-refractivity contribution in [1.82, 2.24) is 14.5 Å². The van der Waals surface area contributed by atoms with Crippen molar-refractivity contribution in [3.8, 4) is 6.07 Å². The van der Waals surface area contributed by atoms with Crippen LogP contribution in [-0.2, 0) is 23.7 Å². The first-order valence-corrected chi connectivity index (χ1v) is 8.72. The van der Waals surface area contributed by atoms with Gasteiger partial charge >= 0.3 is 5.97 Å². The fourth-order valence-corrected chi connectivity index (χ4v) is 2.57. The Labute approximate surface area is 171 Å². The van der Waals surface area contributed by atoms with E-state index in [1.54, 1.807) is 24.9 Å². The molecule has 0 bridgehead atoms. The van der Waals surface area contributed by atoms with E-state index in [1.165, 1.54) is 22.9 Å². The molecule has 2 rings (SSSR count). The van der Waals surface area contributed by atoms with E-state index in [9.17, 15) is 19.2 Å². The third kappa shape index (κ3) is 5.83. The van der Waals surface area contributed by atoms with E-state index in [0.717, 1.165) is 6.08 Å². The Balaban J connectivity index is 2.06. The van der Waals surface area contributed by atoms with Gasteiger partial charge in [-0.15, -0.1) is 0 Å². The predicted octanol–water partition coefficient (Wildman–Crippen LogP) is 0.839. The molecule has 11 heteroatoms. The number of nitrogens with zero attached hydrogens (tertiary/aromatic N) is 3. The normalized spacial score (nSPS) is 10.4. The van der Waals surface area contributed by atoms with E-state index in [-0.39, 0.29) is 24.6 Å². The summed E-state index contributed by atoms with van der Waals surface area (Å²) in [7, 11) is 3.26. The number of carbonyl (C=O) groups excluding carboxylic acids is 3. The Morgan fingerprint density at radius 1 is 1.00 bits per heavy atom. The molecule has 0 aliphatic carbocycles. The zero-order chi connectivity index (χ0) is 22.3. The van der Waals surface area contributed by atoms with Crippen LogP contribution >= 0.6 is 0 Å². The molecule has 0 radical (unpaired) electrons. The van der Waals surface area contributed by atoms with Gasteiger partial charge in [0, 0.05) is 45.2 Å². The van der Waals surface area contributed by atoms with Crippen LogP contribution in [0.1, 0.15) is 27.4 Å². The number of aliphatic carboxylic acids is 1. The van der Waals surface area contributed by atoms with E-state index in [0.29, 0.717) is 23.1 Å². The van der Waals surface area contributed by atoms with E-state index in [4.69, 9.17) is 10.4 Å². The number of anilines is 2. The molecule has 0 aliphatic rings. The van der Waals surface area contributed by atoms with Crippen LogP contribution < -0.4 is 16.0 Å². The SMILES string of the molecule is Cn1cc(NC(=O)c2cc(NC(=O)/C=C/C(=O)O)cn2C)cc1C(=O)NCCC#N. The second kappa shape index (κ2) is 9.74. The van der Waals surface area contributed by atoms with Crippen LogP contribution in [0.2, 0.25) is 0 Å². The Kier molecular flexibility index (Phi) is 7.13. The molecular weight excluding hydrogens is 392 g/mol. The Bertz CT molecular complexity index is 1060. The van der Waals surface area contributed by atoms with Crippen molar-refractivity contribution in [3.05, 3.63) is 48.1 Å². The monoisotopic (exact) mass is 412 g/mol. The summed E-state index contributed by atoms with van der Waals surface area (Å²) in [6.45, 7) is 0.224. The molecule has 0 aromatic carbocycles. The Morgan fingerprint density at radius 2 is 1.57 bits per heavy atom. The third-order valence-corrected chi connectivity index (χ3v) is 3.90. The predicted molar refractivity (Wildman–Crippen MR) is 107 cm³/mol. The largest absolute Gasteiger partial charge is 0.478 e. The molecular formula is C19H20N6O5.